The lowest BCUT2D eigenvalue weighted by atomic mass is 10.4. The summed E-state index contributed by atoms with van der Waals surface area (Å²) in [5.41, 5.74) is 0. The van der Waals surface area contributed by atoms with E-state index in [9.17, 15) is 4.79 Å². The third-order valence-corrected chi connectivity index (χ3v) is 3.61. The molecule has 0 aliphatic carbocycles. The van der Waals surface area contributed by atoms with E-state index >= 15 is 0 Å². The Morgan fingerprint density at radius 1 is 1.21 bits per heavy atom. The predicted molar refractivity (Wildman–Crippen MR) is 79.7 cm³/mol. The molecule has 0 radical (unpaired) electrons. The highest BCUT2D eigenvalue weighted by molar-refractivity contribution is 7.99. The number of carbonyl (C=O) groups excluding carboxylic acids is 1. The lowest BCUT2D eigenvalue weighted by Crippen LogP contribution is -2.12. The third kappa shape index (κ3) is 4.93. The predicted octanol–water partition coefficient (Wildman–Crippen LogP) is 3.86. The maximum absolute atomic E-state index is 11.7. The molecule has 2 aromatic rings. The van der Waals surface area contributed by atoms with E-state index in [1.807, 2.05) is 36.4 Å². The zero-order valence-electron chi connectivity index (χ0n) is 10.2. The Bertz CT molecular complexity index is 531. The lowest BCUT2D eigenvalue weighted by molar-refractivity contribution is -0.115. The smallest absolute Gasteiger partial charge is 0.226 e. The minimum Gasteiger partial charge on any atom is -0.311 e. The van der Waals surface area contributed by atoms with E-state index in [-0.39, 0.29) is 5.91 Å². The summed E-state index contributed by atoms with van der Waals surface area (Å²) in [5.74, 6) is 1.28. The topological polar surface area (TPSA) is 42.0 Å². The zero-order valence-corrected chi connectivity index (χ0v) is 11.7. The number of hydrogen-bond acceptors (Lipinski definition) is 3. The van der Waals surface area contributed by atoms with Crippen molar-refractivity contribution in [2.24, 2.45) is 0 Å². The van der Waals surface area contributed by atoms with Gasteiger partial charge in [0.05, 0.1) is 0 Å². The Hall–Kier alpha value is -1.52. The monoisotopic (exact) mass is 292 g/mol. The van der Waals surface area contributed by atoms with Gasteiger partial charge in [0.15, 0.2) is 0 Å². The van der Waals surface area contributed by atoms with Crippen molar-refractivity contribution in [3.63, 3.8) is 0 Å². The highest BCUT2D eigenvalue weighted by Gasteiger charge is 2.03. The highest BCUT2D eigenvalue weighted by Crippen LogP contribution is 2.21. The van der Waals surface area contributed by atoms with Gasteiger partial charge in [-0.15, -0.1) is 11.8 Å². The molecule has 1 N–H and O–H groups in total. The van der Waals surface area contributed by atoms with Gasteiger partial charge in [-0.1, -0.05) is 17.7 Å². The molecule has 1 aromatic carbocycles. The molecule has 2 rings (SSSR count). The molecule has 1 heterocycles. The molecule has 3 nitrogen and oxygen atoms in total. The number of benzene rings is 1. The molecule has 0 saturated carbocycles. The van der Waals surface area contributed by atoms with Crippen molar-refractivity contribution in [2.75, 3.05) is 11.1 Å². The summed E-state index contributed by atoms with van der Waals surface area (Å²) >= 11 is 7.43. The van der Waals surface area contributed by atoms with Crippen LogP contribution in [0.15, 0.2) is 53.6 Å². The number of halogens is 1. The largest absolute Gasteiger partial charge is 0.311 e. The summed E-state index contributed by atoms with van der Waals surface area (Å²) in [5, 5.41) is 3.47. The Morgan fingerprint density at radius 2 is 2.00 bits per heavy atom. The average Bonchev–Trinajstić information content (AvgIpc) is 2.42. The number of hydrogen-bond donors (Lipinski definition) is 1. The fourth-order valence-electron chi connectivity index (χ4n) is 1.43. The van der Waals surface area contributed by atoms with Crippen molar-refractivity contribution in [1.29, 1.82) is 0 Å². The number of anilines is 1. The number of amides is 1. The fourth-order valence-corrected chi connectivity index (χ4v) is 2.41. The first-order valence-corrected chi connectivity index (χ1v) is 7.19. The molecule has 0 spiro atoms. The van der Waals surface area contributed by atoms with Crippen LogP contribution in [0.2, 0.25) is 5.02 Å². The molecule has 0 aliphatic heterocycles. The Morgan fingerprint density at radius 3 is 2.68 bits per heavy atom. The van der Waals surface area contributed by atoms with E-state index < -0.39 is 0 Å². The molecule has 0 fully saturated rings. The van der Waals surface area contributed by atoms with Gasteiger partial charge >= 0.3 is 0 Å². The van der Waals surface area contributed by atoms with Crippen LogP contribution in [0.5, 0.6) is 0 Å². The van der Waals surface area contributed by atoms with E-state index in [1.165, 1.54) is 0 Å². The minimum absolute atomic E-state index is 0.0276. The van der Waals surface area contributed by atoms with Crippen molar-refractivity contribution in [3.8, 4) is 0 Å². The molecule has 0 atom stereocenters. The molecule has 5 heteroatoms. The maximum atomic E-state index is 11.7. The van der Waals surface area contributed by atoms with Crippen LogP contribution in [0.1, 0.15) is 6.42 Å². The number of rotatable bonds is 5. The van der Waals surface area contributed by atoms with Crippen LogP contribution in [0.25, 0.3) is 0 Å². The highest BCUT2D eigenvalue weighted by atomic mass is 35.5. The van der Waals surface area contributed by atoms with Crippen LogP contribution in [0.3, 0.4) is 0 Å². The molecule has 0 bridgehead atoms. The van der Waals surface area contributed by atoms with E-state index in [0.717, 1.165) is 15.7 Å². The molecule has 0 saturated heterocycles. The second-order valence-corrected chi connectivity index (χ2v) is 5.42. The van der Waals surface area contributed by atoms with Gasteiger partial charge in [0.25, 0.3) is 0 Å². The molecule has 0 aliphatic rings. The SMILES string of the molecule is O=C(CCSc1ccc(Cl)cc1)Nc1ccccn1. The van der Waals surface area contributed by atoms with E-state index in [2.05, 4.69) is 10.3 Å². The second kappa shape index (κ2) is 7.16. The number of thioether (sulfide) groups is 1. The van der Waals surface area contributed by atoms with Gasteiger partial charge in [0.1, 0.15) is 5.82 Å². The Labute approximate surface area is 121 Å². The van der Waals surface area contributed by atoms with Crippen LogP contribution in [-0.4, -0.2) is 16.6 Å². The Balaban J connectivity index is 1.74. The molecule has 1 aromatic heterocycles. The van der Waals surface area contributed by atoms with Crippen molar-refractivity contribution < 1.29 is 4.79 Å². The zero-order chi connectivity index (χ0) is 13.5. The molecular weight excluding hydrogens is 280 g/mol. The number of pyridine rings is 1. The summed E-state index contributed by atoms with van der Waals surface area (Å²) < 4.78 is 0. The van der Waals surface area contributed by atoms with Crippen LogP contribution >= 0.6 is 23.4 Å². The normalized spacial score (nSPS) is 10.2. The number of carbonyl (C=O) groups is 1. The van der Waals surface area contributed by atoms with Gasteiger partial charge in [-0.3, -0.25) is 4.79 Å². The van der Waals surface area contributed by atoms with E-state index in [1.54, 1.807) is 24.0 Å². The second-order valence-electron chi connectivity index (χ2n) is 3.82. The van der Waals surface area contributed by atoms with Crippen LogP contribution in [0, 0.1) is 0 Å². The van der Waals surface area contributed by atoms with E-state index in [4.69, 9.17) is 11.6 Å². The minimum atomic E-state index is -0.0276. The van der Waals surface area contributed by atoms with Gasteiger partial charge in [-0.2, -0.15) is 0 Å². The van der Waals surface area contributed by atoms with Crippen molar-refractivity contribution in [2.45, 2.75) is 11.3 Å². The van der Waals surface area contributed by atoms with Crippen LogP contribution in [0.4, 0.5) is 5.82 Å². The lowest BCUT2D eigenvalue weighted by Gasteiger charge is -2.04. The first kappa shape index (κ1) is 13.9. The van der Waals surface area contributed by atoms with Gasteiger partial charge in [-0.25, -0.2) is 4.98 Å². The summed E-state index contributed by atoms with van der Waals surface area (Å²) in [4.78, 5) is 16.8. The fraction of sp³-hybridized carbons (Fsp3) is 0.143. The van der Waals surface area contributed by atoms with Crippen molar-refractivity contribution in [1.82, 2.24) is 4.98 Å². The van der Waals surface area contributed by atoms with Gasteiger partial charge in [0, 0.05) is 28.3 Å². The summed E-state index contributed by atoms with van der Waals surface area (Å²) in [7, 11) is 0. The van der Waals surface area contributed by atoms with Crippen LogP contribution < -0.4 is 5.32 Å². The standard InChI is InChI=1S/C14H13ClN2OS/c15-11-4-6-12(7-5-11)19-10-8-14(18)17-13-3-1-2-9-16-13/h1-7,9H,8,10H2,(H,16,17,18). The van der Waals surface area contributed by atoms with Crippen molar-refractivity contribution in [3.05, 3.63) is 53.7 Å². The van der Waals surface area contributed by atoms with Gasteiger partial charge in [-0.05, 0) is 36.4 Å². The summed E-state index contributed by atoms with van der Waals surface area (Å²) in [6, 6.07) is 13.0. The number of nitrogens with one attached hydrogen (secondary N) is 1. The molecule has 1 amide bonds. The number of nitrogens with zero attached hydrogens (tertiary/aromatic N) is 1. The van der Waals surface area contributed by atoms with Crippen LogP contribution in [-0.2, 0) is 4.79 Å². The van der Waals surface area contributed by atoms with Gasteiger partial charge in [0.2, 0.25) is 5.91 Å². The summed E-state index contributed by atoms with van der Waals surface area (Å²) in [6.07, 6.45) is 2.10. The quantitative estimate of drug-likeness (QED) is 0.851. The molecule has 0 unspecified atom stereocenters. The first-order valence-electron chi connectivity index (χ1n) is 5.83. The number of aromatic nitrogens is 1. The summed E-state index contributed by atoms with van der Waals surface area (Å²) in [6.45, 7) is 0. The molecule has 98 valence electrons. The third-order valence-electron chi connectivity index (χ3n) is 2.34. The first-order chi connectivity index (χ1) is 9.24. The van der Waals surface area contributed by atoms with Crippen molar-refractivity contribution >= 4 is 35.1 Å². The molecule has 19 heavy (non-hydrogen) atoms. The average molecular weight is 293 g/mol. The van der Waals surface area contributed by atoms with E-state index in [0.29, 0.717) is 12.2 Å². The maximum Gasteiger partial charge on any atom is 0.226 e. The van der Waals surface area contributed by atoms with Gasteiger partial charge < -0.3 is 5.32 Å². The Kier molecular flexibility index (Phi) is 5.24. The molecular formula is C14H13ClN2OS.